The fourth-order valence-corrected chi connectivity index (χ4v) is 2.43. The Morgan fingerprint density at radius 1 is 1.28 bits per heavy atom. The fourth-order valence-electron chi connectivity index (χ4n) is 2.43. The molecule has 18 heavy (non-hydrogen) atoms. The van der Waals surface area contributed by atoms with Crippen LogP contribution in [0, 0.1) is 5.92 Å². The highest BCUT2D eigenvalue weighted by Crippen LogP contribution is 2.24. The van der Waals surface area contributed by atoms with E-state index >= 15 is 0 Å². The second-order valence-electron chi connectivity index (χ2n) is 6.78. The van der Waals surface area contributed by atoms with E-state index in [4.69, 9.17) is 4.74 Å². The first-order valence-corrected chi connectivity index (χ1v) is 7.23. The van der Waals surface area contributed by atoms with Crippen LogP contribution >= 0.6 is 0 Å². The predicted octanol–water partition coefficient (Wildman–Crippen LogP) is 3.23. The largest absolute Gasteiger partial charge is 0.366 e. The van der Waals surface area contributed by atoms with Crippen LogP contribution in [0.1, 0.15) is 60.3 Å². The topological polar surface area (TPSA) is 29.5 Å². The number of hydrogen-bond acceptors (Lipinski definition) is 2. The Labute approximate surface area is 112 Å². The van der Waals surface area contributed by atoms with Gasteiger partial charge in [0.05, 0.1) is 5.60 Å². The van der Waals surface area contributed by atoms with Gasteiger partial charge in [-0.2, -0.15) is 0 Å². The van der Waals surface area contributed by atoms with Crippen LogP contribution in [0.25, 0.3) is 0 Å². The Bertz CT molecular complexity index is 262. The molecule has 0 saturated heterocycles. The van der Waals surface area contributed by atoms with E-state index in [9.17, 15) is 4.79 Å². The van der Waals surface area contributed by atoms with Crippen LogP contribution in [0.15, 0.2) is 0 Å². The summed E-state index contributed by atoms with van der Waals surface area (Å²) in [6.07, 6.45) is 4.83. The van der Waals surface area contributed by atoms with Gasteiger partial charge in [-0.15, -0.1) is 0 Å². The van der Waals surface area contributed by atoms with E-state index in [1.54, 1.807) is 0 Å². The van der Waals surface area contributed by atoms with E-state index in [0.29, 0.717) is 12.0 Å². The van der Waals surface area contributed by atoms with Crippen LogP contribution in [0.2, 0.25) is 0 Å². The van der Waals surface area contributed by atoms with Crippen LogP contribution in [0.5, 0.6) is 0 Å². The van der Waals surface area contributed by atoms with Crippen molar-refractivity contribution < 1.29 is 9.53 Å². The van der Waals surface area contributed by atoms with Crippen molar-refractivity contribution in [2.45, 2.75) is 71.9 Å². The smallest absolute Gasteiger partial charge is 0.248 e. The Morgan fingerprint density at radius 2 is 1.83 bits per heavy atom. The average Bonchev–Trinajstić information content (AvgIpc) is 2.74. The van der Waals surface area contributed by atoms with Crippen molar-refractivity contribution in [3.8, 4) is 0 Å². The summed E-state index contributed by atoms with van der Waals surface area (Å²) in [5, 5.41) is 0. The highest BCUT2D eigenvalue weighted by molar-refractivity contribution is 5.77. The molecule has 0 aromatic rings. The second-order valence-corrected chi connectivity index (χ2v) is 6.78. The summed E-state index contributed by atoms with van der Waals surface area (Å²) in [5.74, 6) is 0.676. The van der Waals surface area contributed by atoms with Crippen molar-refractivity contribution in [2.24, 2.45) is 5.92 Å². The second kappa shape index (κ2) is 6.55. The number of hydrogen-bond donors (Lipinski definition) is 0. The monoisotopic (exact) mass is 255 g/mol. The van der Waals surface area contributed by atoms with E-state index in [2.05, 4.69) is 18.7 Å². The van der Waals surface area contributed by atoms with E-state index in [1.165, 1.54) is 12.8 Å². The molecule has 106 valence electrons. The molecule has 0 heterocycles. The van der Waals surface area contributed by atoms with Crippen molar-refractivity contribution in [3.05, 3.63) is 0 Å². The zero-order chi connectivity index (χ0) is 13.8. The van der Waals surface area contributed by atoms with Crippen LogP contribution in [0.4, 0.5) is 0 Å². The summed E-state index contributed by atoms with van der Waals surface area (Å²) in [6.45, 7) is 11.4. The van der Waals surface area contributed by atoms with Gasteiger partial charge in [-0.3, -0.25) is 4.79 Å². The molecule has 0 aliphatic heterocycles. The molecule has 0 N–H and O–H groups in total. The molecule has 3 nitrogen and oxygen atoms in total. The summed E-state index contributed by atoms with van der Waals surface area (Å²) < 4.78 is 5.62. The van der Waals surface area contributed by atoms with Gasteiger partial charge in [0, 0.05) is 12.6 Å². The van der Waals surface area contributed by atoms with Crippen LogP contribution < -0.4 is 0 Å². The van der Waals surface area contributed by atoms with Gasteiger partial charge in [0.1, 0.15) is 6.61 Å². The molecule has 3 heteroatoms. The van der Waals surface area contributed by atoms with Crippen molar-refractivity contribution >= 4 is 5.91 Å². The summed E-state index contributed by atoms with van der Waals surface area (Å²) in [4.78, 5) is 14.4. The molecule has 1 fully saturated rings. The van der Waals surface area contributed by atoms with Crippen LogP contribution in [-0.4, -0.2) is 35.6 Å². The number of amides is 1. The van der Waals surface area contributed by atoms with Gasteiger partial charge >= 0.3 is 0 Å². The summed E-state index contributed by atoms with van der Waals surface area (Å²) >= 11 is 0. The minimum atomic E-state index is -0.241. The highest BCUT2D eigenvalue weighted by atomic mass is 16.5. The Hall–Kier alpha value is -0.570. The zero-order valence-corrected chi connectivity index (χ0v) is 12.7. The van der Waals surface area contributed by atoms with Crippen molar-refractivity contribution in [3.63, 3.8) is 0 Å². The van der Waals surface area contributed by atoms with Crippen LogP contribution in [-0.2, 0) is 9.53 Å². The number of nitrogens with zero attached hydrogens (tertiary/aromatic N) is 1. The Morgan fingerprint density at radius 3 is 2.28 bits per heavy atom. The van der Waals surface area contributed by atoms with E-state index in [1.807, 2.05) is 20.8 Å². The lowest BCUT2D eigenvalue weighted by molar-refractivity contribution is -0.143. The summed E-state index contributed by atoms with van der Waals surface area (Å²) in [6, 6.07) is 0.448. The molecule has 1 rings (SSSR count). The molecule has 0 spiro atoms. The average molecular weight is 255 g/mol. The van der Waals surface area contributed by atoms with Gasteiger partial charge in [-0.25, -0.2) is 0 Å². The molecule has 1 amide bonds. The van der Waals surface area contributed by atoms with Crippen molar-refractivity contribution in [1.82, 2.24) is 4.90 Å². The molecular formula is C15H29NO2. The molecule has 1 saturated carbocycles. The standard InChI is InChI=1S/C15H29NO2/c1-12(2)10-16(13-8-6-7-9-13)14(17)11-18-15(3,4)5/h12-13H,6-11H2,1-5H3. The van der Waals surface area contributed by atoms with Crippen molar-refractivity contribution in [2.75, 3.05) is 13.2 Å². The first-order chi connectivity index (χ1) is 8.29. The maximum atomic E-state index is 12.3. The quantitative estimate of drug-likeness (QED) is 0.755. The first-order valence-electron chi connectivity index (χ1n) is 7.23. The number of carbonyl (C=O) groups excluding carboxylic acids is 1. The molecule has 0 aromatic carbocycles. The number of rotatable bonds is 5. The molecular weight excluding hydrogens is 226 g/mol. The Balaban J connectivity index is 2.55. The third kappa shape index (κ3) is 5.38. The van der Waals surface area contributed by atoms with Gasteiger partial charge in [-0.1, -0.05) is 26.7 Å². The first kappa shape index (κ1) is 15.5. The summed E-state index contributed by atoms with van der Waals surface area (Å²) in [5.41, 5.74) is -0.241. The van der Waals surface area contributed by atoms with Gasteiger partial charge in [0.25, 0.3) is 0 Å². The zero-order valence-electron chi connectivity index (χ0n) is 12.7. The van der Waals surface area contributed by atoms with E-state index in [0.717, 1.165) is 19.4 Å². The molecule has 0 radical (unpaired) electrons. The number of carbonyl (C=O) groups is 1. The lowest BCUT2D eigenvalue weighted by Gasteiger charge is -2.31. The normalized spacial score (nSPS) is 17.4. The van der Waals surface area contributed by atoms with Gasteiger partial charge in [0.2, 0.25) is 5.91 Å². The van der Waals surface area contributed by atoms with E-state index in [-0.39, 0.29) is 18.1 Å². The third-order valence-electron chi connectivity index (χ3n) is 3.28. The third-order valence-corrected chi connectivity index (χ3v) is 3.28. The van der Waals surface area contributed by atoms with Crippen LogP contribution in [0.3, 0.4) is 0 Å². The van der Waals surface area contributed by atoms with E-state index < -0.39 is 0 Å². The maximum absolute atomic E-state index is 12.3. The maximum Gasteiger partial charge on any atom is 0.248 e. The van der Waals surface area contributed by atoms with Gasteiger partial charge < -0.3 is 9.64 Å². The van der Waals surface area contributed by atoms with Crippen molar-refractivity contribution in [1.29, 1.82) is 0 Å². The predicted molar refractivity (Wildman–Crippen MR) is 74.5 cm³/mol. The Kier molecular flexibility index (Phi) is 5.64. The lowest BCUT2D eigenvalue weighted by Crippen LogP contribution is -2.44. The number of ether oxygens (including phenoxy) is 1. The lowest BCUT2D eigenvalue weighted by atomic mass is 10.1. The molecule has 1 aliphatic carbocycles. The highest BCUT2D eigenvalue weighted by Gasteiger charge is 2.27. The summed E-state index contributed by atoms with van der Waals surface area (Å²) in [7, 11) is 0. The van der Waals surface area contributed by atoms with Gasteiger partial charge in [-0.05, 0) is 39.5 Å². The minimum absolute atomic E-state index is 0.158. The molecule has 0 bridgehead atoms. The molecule has 0 atom stereocenters. The molecule has 0 unspecified atom stereocenters. The molecule has 0 aromatic heterocycles. The molecule has 1 aliphatic rings. The fraction of sp³-hybridized carbons (Fsp3) is 0.933. The van der Waals surface area contributed by atoms with Gasteiger partial charge in [0.15, 0.2) is 0 Å². The minimum Gasteiger partial charge on any atom is -0.366 e. The SMILES string of the molecule is CC(C)CN(C(=O)COC(C)(C)C)C1CCCC1.